The van der Waals surface area contributed by atoms with E-state index in [2.05, 4.69) is 36.1 Å². The SMILES string of the molecule is CCCc1cc(=O)oc2c3c(c(Cl)cc12)OCN(CCc1ccccc1)C3. The Morgan fingerprint density at radius 2 is 1.96 bits per heavy atom. The molecule has 1 aliphatic rings. The van der Waals surface area contributed by atoms with Gasteiger partial charge < -0.3 is 9.15 Å². The van der Waals surface area contributed by atoms with Crippen molar-refractivity contribution in [3.8, 4) is 5.75 Å². The third-order valence-corrected chi connectivity index (χ3v) is 5.25. The molecule has 0 N–H and O–H groups in total. The summed E-state index contributed by atoms with van der Waals surface area (Å²) in [6.07, 6.45) is 2.70. The first-order chi connectivity index (χ1) is 13.2. The van der Waals surface area contributed by atoms with Crippen LogP contribution in [0.15, 0.2) is 51.7 Å². The molecule has 0 saturated heterocycles. The number of aryl methyl sites for hydroxylation is 1. The van der Waals surface area contributed by atoms with Crippen LogP contribution in [0.2, 0.25) is 5.02 Å². The molecule has 0 atom stereocenters. The molecule has 0 spiro atoms. The standard InChI is InChI=1S/C22H22ClNO3/c1-2-6-16-11-20(25)27-21-17(16)12-19(23)22-18(21)13-24(14-26-22)10-9-15-7-4-3-5-8-15/h3-5,7-8,11-12H,2,6,9-10,13-14H2,1H3. The molecule has 2 aromatic carbocycles. The van der Waals surface area contributed by atoms with Gasteiger partial charge >= 0.3 is 5.63 Å². The molecule has 2 heterocycles. The van der Waals surface area contributed by atoms with Crippen molar-refractivity contribution in [1.82, 2.24) is 4.90 Å². The van der Waals surface area contributed by atoms with E-state index in [4.69, 9.17) is 20.8 Å². The summed E-state index contributed by atoms with van der Waals surface area (Å²) in [5.41, 5.74) is 3.42. The Labute approximate surface area is 163 Å². The summed E-state index contributed by atoms with van der Waals surface area (Å²) in [6.45, 7) is 4.08. The van der Waals surface area contributed by atoms with Crippen LogP contribution in [-0.4, -0.2) is 18.2 Å². The highest BCUT2D eigenvalue weighted by Crippen LogP contribution is 2.39. The van der Waals surface area contributed by atoms with E-state index >= 15 is 0 Å². The summed E-state index contributed by atoms with van der Waals surface area (Å²) in [5.74, 6) is 0.636. The maximum atomic E-state index is 12.1. The van der Waals surface area contributed by atoms with Gasteiger partial charge in [0.15, 0.2) is 0 Å². The lowest BCUT2D eigenvalue weighted by atomic mass is 10.0. The van der Waals surface area contributed by atoms with Gasteiger partial charge in [-0.15, -0.1) is 0 Å². The molecule has 27 heavy (non-hydrogen) atoms. The summed E-state index contributed by atoms with van der Waals surface area (Å²) in [4.78, 5) is 14.3. The summed E-state index contributed by atoms with van der Waals surface area (Å²) in [6, 6.07) is 13.8. The Hall–Kier alpha value is -2.30. The number of hydrogen-bond acceptors (Lipinski definition) is 4. The van der Waals surface area contributed by atoms with Gasteiger partial charge in [0.05, 0.1) is 10.6 Å². The predicted octanol–water partition coefficient (Wildman–Crippen LogP) is 4.79. The van der Waals surface area contributed by atoms with E-state index in [1.165, 1.54) is 5.56 Å². The Bertz CT molecular complexity index is 1010. The number of rotatable bonds is 5. The average Bonchev–Trinajstić information content (AvgIpc) is 2.68. The first kappa shape index (κ1) is 18.1. The fraction of sp³-hybridized carbons (Fsp3) is 0.318. The van der Waals surface area contributed by atoms with Crippen LogP contribution in [0.3, 0.4) is 0 Å². The Kier molecular flexibility index (Phi) is 5.19. The second-order valence-corrected chi connectivity index (χ2v) is 7.35. The molecule has 1 aromatic heterocycles. The van der Waals surface area contributed by atoms with Crippen molar-refractivity contribution < 1.29 is 9.15 Å². The third-order valence-electron chi connectivity index (χ3n) is 4.97. The second-order valence-electron chi connectivity index (χ2n) is 6.95. The van der Waals surface area contributed by atoms with Crippen LogP contribution < -0.4 is 10.4 Å². The third kappa shape index (κ3) is 3.73. The van der Waals surface area contributed by atoms with Gasteiger partial charge in [0.25, 0.3) is 0 Å². The Balaban J connectivity index is 1.67. The monoisotopic (exact) mass is 383 g/mol. The molecule has 4 nitrogen and oxygen atoms in total. The van der Waals surface area contributed by atoms with Gasteiger partial charge in [-0.1, -0.05) is 55.3 Å². The van der Waals surface area contributed by atoms with Gasteiger partial charge in [-0.3, -0.25) is 4.90 Å². The lowest BCUT2D eigenvalue weighted by molar-refractivity contribution is 0.0969. The van der Waals surface area contributed by atoms with Crippen molar-refractivity contribution in [2.75, 3.05) is 13.3 Å². The fourth-order valence-electron chi connectivity index (χ4n) is 3.65. The summed E-state index contributed by atoms with van der Waals surface area (Å²) in [7, 11) is 0. The smallest absolute Gasteiger partial charge is 0.336 e. The van der Waals surface area contributed by atoms with Gasteiger partial charge in [0.2, 0.25) is 0 Å². The van der Waals surface area contributed by atoms with E-state index in [1.807, 2.05) is 12.1 Å². The number of benzene rings is 2. The van der Waals surface area contributed by atoms with E-state index in [0.29, 0.717) is 29.6 Å². The Morgan fingerprint density at radius 3 is 2.74 bits per heavy atom. The maximum Gasteiger partial charge on any atom is 0.336 e. The zero-order valence-electron chi connectivity index (χ0n) is 15.3. The Morgan fingerprint density at radius 1 is 1.15 bits per heavy atom. The van der Waals surface area contributed by atoms with Crippen LogP contribution in [0, 0.1) is 0 Å². The number of fused-ring (bicyclic) bond motifs is 3. The summed E-state index contributed by atoms with van der Waals surface area (Å²) >= 11 is 6.49. The molecule has 4 rings (SSSR count). The minimum absolute atomic E-state index is 0.322. The maximum absolute atomic E-state index is 12.1. The normalized spacial score (nSPS) is 14.1. The minimum atomic E-state index is -0.322. The lowest BCUT2D eigenvalue weighted by Crippen LogP contribution is -2.34. The molecule has 140 valence electrons. The van der Waals surface area contributed by atoms with E-state index in [9.17, 15) is 4.79 Å². The molecular formula is C22H22ClNO3. The van der Waals surface area contributed by atoms with E-state index in [0.717, 1.165) is 42.3 Å². The van der Waals surface area contributed by atoms with Crippen molar-refractivity contribution in [2.24, 2.45) is 0 Å². The molecule has 3 aromatic rings. The van der Waals surface area contributed by atoms with E-state index in [-0.39, 0.29) is 5.63 Å². The van der Waals surface area contributed by atoms with Crippen molar-refractivity contribution >= 4 is 22.6 Å². The topological polar surface area (TPSA) is 42.7 Å². The van der Waals surface area contributed by atoms with Crippen molar-refractivity contribution in [3.63, 3.8) is 0 Å². The first-order valence-electron chi connectivity index (χ1n) is 9.33. The first-order valence-corrected chi connectivity index (χ1v) is 9.70. The number of ether oxygens (including phenoxy) is 1. The number of nitrogens with zero attached hydrogens (tertiary/aromatic N) is 1. The molecule has 5 heteroatoms. The summed E-state index contributed by atoms with van der Waals surface area (Å²) < 4.78 is 11.5. The van der Waals surface area contributed by atoms with Crippen molar-refractivity contribution in [1.29, 1.82) is 0 Å². The zero-order chi connectivity index (χ0) is 18.8. The quantitative estimate of drug-likeness (QED) is 0.594. The molecule has 0 aliphatic carbocycles. The highest BCUT2D eigenvalue weighted by Gasteiger charge is 2.25. The highest BCUT2D eigenvalue weighted by atomic mass is 35.5. The van der Waals surface area contributed by atoms with Gasteiger partial charge in [0.1, 0.15) is 18.1 Å². The number of halogens is 1. The molecule has 0 fully saturated rings. The minimum Gasteiger partial charge on any atom is -0.476 e. The molecule has 0 unspecified atom stereocenters. The number of hydrogen-bond donors (Lipinski definition) is 0. The van der Waals surface area contributed by atoms with Crippen molar-refractivity contribution in [2.45, 2.75) is 32.7 Å². The highest BCUT2D eigenvalue weighted by molar-refractivity contribution is 6.33. The largest absolute Gasteiger partial charge is 0.476 e. The molecule has 1 aliphatic heterocycles. The van der Waals surface area contributed by atoms with Crippen LogP contribution in [0.5, 0.6) is 5.75 Å². The molecular weight excluding hydrogens is 362 g/mol. The van der Waals surface area contributed by atoms with Crippen LogP contribution in [0.1, 0.15) is 30.0 Å². The second kappa shape index (κ2) is 7.75. The molecule has 0 bridgehead atoms. The lowest BCUT2D eigenvalue weighted by Gasteiger charge is -2.30. The fourth-order valence-corrected chi connectivity index (χ4v) is 3.93. The van der Waals surface area contributed by atoms with Crippen molar-refractivity contribution in [3.05, 3.63) is 74.6 Å². The van der Waals surface area contributed by atoms with Gasteiger partial charge in [-0.05, 0) is 30.0 Å². The van der Waals surface area contributed by atoms with Crippen LogP contribution in [0.25, 0.3) is 11.0 Å². The zero-order valence-corrected chi connectivity index (χ0v) is 16.1. The van der Waals surface area contributed by atoms with E-state index < -0.39 is 0 Å². The predicted molar refractivity (Wildman–Crippen MR) is 108 cm³/mol. The van der Waals surface area contributed by atoms with Crippen LogP contribution in [0.4, 0.5) is 0 Å². The van der Waals surface area contributed by atoms with Gasteiger partial charge in [-0.25, -0.2) is 4.79 Å². The molecule has 0 radical (unpaired) electrons. The van der Waals surface area contributed by atoms with Crippen LogP contribution >= 0.6 is 11.6 Å². The average molecular weight is 384 g/mol. The van der Waals surface area contributed by atoms with Crippen LogP contribution in [-0.2, 0) is 19.4 Å². The summed E-state index contributed by atoms with van der Waals surface area (Å²) in [5, 5.41) is 1.49. The van der Waals surface area contributed by atoms with Gasteiger partial charge in [0, 0.05) is 24.5 Å². The van der Waals surface area contributed by atoms with Gasteiger partial charge in [-0.2, -0.15) is 0 Å². The molecule has 0 saturated carbocycles. The molecule has 0 amide bonds. The van der Waals surface area contributed by atoms with E-state index in [1.54, 1.807) is 6.07 Å².